The van der Waals surface area contributed by atoms with Gasteiger partial charge in [-0.05, 0) is 76.6 Å². The molecule has 8 nitrogen and oxygen atoms in total. The second-order valence-corrected chi connectivity index (χ2v) is 10.3. The van der Waals surface area contributed by atoms with Gasteiger partial charge in [-0.3, -0.25) is 0 Å². The number of esters is 1. The summed E-state index contributed by atoms with van der Waals surface area (Å²) in [5.41, 5.74) is 0.726. The predicted octanol–water partition coefficient (Wildman–Crippen LogP) is 5.11. The van der Waals surface area contributed by atoms with Gasteiger partial charge in [0.25, 0.3) is 0 Å². The first-order chi connectivity index (χ1) is 16.9. The molecule has 1 aromatic rings. The van der Waals surface area contributed by atoms with Crippen LogP contribution in [0, 0.1) is 5.82 Å². The zero-order valence-corrected chi connectivity index (χ0v) is 22.2. The summed E-state index contributed by atoms with van der Waals surface area (Å²) in [6.07, 6.45) is 6.34. The maximum atomic E-state index is 12.9. The first-order valence-corrected chi connectivity index (χ1v) is 14.3. The monoisotopic (exact) mass is 513 g/mol. The molecule has 0 aliphatic heterocycles. The Morgan fingerprint density at radius 1 is 0.857 bits per heavy atom. The number of carbonyl (C=O) groups excluding carboxylic acids is 2. The molecule has 0 fully saturated rings. The fourth-order valence-electron chi connectivity index (χ4n) is 3.23. The molecule has 0 aliphatic rings. The molecule has 0 aromatic heterocycles. The molecule has 0 atom stereocenters. The van der Waals surface area contributed by atoms with Crippen molar-refractivity contribution >= 4 is 26.9 Å². The third kappa shape index (κ3) is 14.7. The Kier molecular flexibility index (Phi) is 16.7. The van der Waals surface area contributed by atoms with Gasteiger partial charge in [-0.2, -0.15) is 0 Å². The van der Waals surface area contributed by atoms with Gasteiger partial charge in [0.1, 0.15) is 5.82 Å². The van der Waals surface area contributed by atoms with Crippen molar-refractivity contribution in [3.8, 4) is 0 Å². The highest BCUT2D eigenvalue weighted by atomic mass is 28.4. The van der Waals surface area contributed by atoms with Crippen molar-refractivity contribution in [1.82, 2.24) is 5.32 Å². The molecule has 1 aromatic carbocycles. The molecule has 10 heteroatoms. The van der Waals surface area contributed by atoms with Crippen LogP contribution in [-0.2, 0) is 27.5 Å². The van der Waals surface area contributed by atoms with Gasteiger partial charge in [-0.1, -0.05) is 12.1 Å². The Morgan fingerprint density at radius 2 is 1.43 bits per heavy atom. The van der Waals surface area contributed by atoms with Crippen molar-refractivity contribution < 1.29 is 36.7 Å². The average Bonchev–Trinajstić information content (AvgIpc) is 2.83. The van der Waals surface area contributed by atoms with Crippen LogP contribution in [0.2, 0.25) is 6.04 Å². The fraction of sp³-hybridized carbons (Fsp3) is 0.600. The molecule has 1 rings (SSSR count). The van der Waals surface area contributed by atoms with Gasteiger partial charge in [0.05, 0.1) is 13.2 Å². The van der Waals surface area contributed by atoms with Gasteiger partial charge in [-0.25, -0.2) is 14.0 Å². The number of carbonyl (C=O) groups is 2. The number of benzene rings is 1. The van der Waals surface area contributed by atoms with Crippen LogP contribution in [0.5, 0.6) is 0 Å². The van der Waals surface area contributed by atoms with Crippen LogP contribution in [0.3, 0.4) is 0 Å². The molecular formula is C25H40FNO7Si. The van der Waals surface area contributed by atoms with E-state index >= 15 is 0 Å². The average molecular weight is 514 g/mol. The van der Waals surface area contributed by atoms with E-state index in [4.69, 9.17) is 22.8 Å². The summed E-state index contributed by atoms with van der Waals surface area (Å²) < 4.78 is 40.6. The summed E-state index contributed by atoms with van der Waals surface area (Å²) in [4.78, 5) is 23.5. The number of amides is 1. The normalized spacial score (nSPS) is 11.5. The predicted molar refractivity (Wildman–Crippen MR) is 134 cm³/mol. The van der Waals surface area contributed by atoms with E-state index in [1.54, 1.807) is 18.2 Å². The molecule has 198 valence electrons. The van der Waals surface area contributed by atoms with E-state index < -0.39 is 20.9 Å². The molecule has 0 bridgehead atoms. The number of unbranched alkanes of at least 4 members (excludes halogenated alkanes) is 3. The molecule has 0 heterocycles. The summed E-state index contributed by atoms with van der Waals surface area (Å²) in [6.45, 7) is 8.44. The van der Waals surface area contributed by atoms with Crippen LogP contribution < -0.4 is 5.32 Å². The summed E-state index contributed by atoms with van der Waals surface area (Å²) in [5.74, 6) is -0.754. The van der Waals surface area contributed by atoms with Crippen molar-refractivity contribution in [3.05, 3.63) is 41.7 Å². The lowest BCUT2D eigenvalue weighted by Crippen LogP contribution is -2.46. The highest BCUT2D eigenvalue weighted by Gasteiger charge is 2.39. The standard InChI is InChI=1S/C25H40FNO7Si/c1-4-32-35(33-5-2,34-6-3)21-11-18-27-25(29)31-20-10-8-7-9-19-30-24(28)17-14-22-12-15-23(26)16-13-22/h12-17H,4-11,18-21H2,1-3H3,(H,27,29)/b17-14+. The lowest BCUT2D eigenvalue weighted by molar-refractivity contribution is -0.137. The highest BCUT2D eigenvalue weighted by Crippen LogP contribution is 2.17. The van der Waals surface area contributed by atoms with Crippen molar-refractivity contribution in [1.29, 1.82) is 0 Å². The number of nitrogens with one attached hydrogen (secondary N) is 1. The fourth-order valence-corrected chi connectivity index (χ4v) is 5.84. The van der Waals surface area contributed by atoms with E-state index in [1.807, 2.05) is 20.8 Å². The highest BCUT2D eigenvalue weighted by molar-refractivity contribution is 6.60. The quantitative estimate of drug-likeness (QED) is 0.119. The largest absolute Gasteiger partial charge is 0.500 e. The maximum Gasteiger partial charge on any atom is 0.500 e. The van der Waals surface area contributed by atoms with Crippen LogP contribution in [-0.4, -0.2) is 60.4 Å². The van der Waals surface area contributed by atoms with Gasteiger partial charge in [0.15, 0.2) is 0 Å². The molecule has 35 heavy (non-hydrogen) atoms. The molecule has 1 amide bonds. The van der Waals surface area contributed by atoms with Crippen molar-refractivity contribution in [2.45, 2.75) is 58.9 Å². The van der Waals surface area contributed by atoms with Crippen LogP contribution in [0.4, 0.5) is 9.18 Å². The van der Waals surface area contributed by atoms with Crippen LogP contribution in [0.1, 0.15) is 58.4 Å². The molecule has 1 N–H and O–H groups in total. The van der Waals surface area contributed by atoms with Gasteiger partial charge in [0.2, 0.25) is 0 Å². The zero-order valence-electron chi connectivity index (χ0n) is 21.2. The molecule has 0 saturated heterocycles. The SMILES string of the molecule is CCO[Si](CCCNC(=O)OCCCCCCOC(=O)/C=C/c1ccc(F)cc1)(OCC)OCC. The minimum atomic E-state index is -2.68. The van der Waals surface area contributed by atoms with Crippen molar-refractivity contribution in [2.75, 3.05) is 39.6 Å². The van der Waals surface area contributed by atoms with Crippen LogP contribution in [0.25, 0.3) is 6.08 Å². The Labute approximate surface area is 209 Å². The van der Waals surface area contributed by atoms with Crippen molar-refractivity contribution in [2.24, 2.45) is 0 Å². The number of ether oxygens (including phenoxy) is 2. The second-order valence-electron chi connectivity index (χ2n) is 7.61. The Balaban J connectivity index is 2.05. The van der Waals surface area contributed by atoms with Crippen LogP contribution in [0.15, 0.2) is 30.3 Å². The van der Waals surface area contributed by atoms with Gasteiger partial charge in [-0.15, -0.1) is 0 Å². The number of rotatable bonds is 19. The number of hydrogen-bond acceptors (Lipinski definition) is 7. The smallest absolute Gasteiger partial charge is 0.463 e. The van der Waals surface area contributed by atoms with E-state index in [2.05, 4.69) is 5.32 Å². The molecule has 0 aliphatic carbocycles. The second kappa shape index (κ2) is 19.0. The topological polar surface area (TPSA) is 92.3 Å². The van der Waals surface area contributed by atoms with E-state index in [-0.39, 0.29) is 5.82 Å². The minimum absolute atomic E-state index is 0.322. The lowest BCUT2D eigenvalue weighted by Gasteiger charge is -2.28. The van der Waals surface area contributed by atoms with Gasteiger partial charge in [0, 0.05) is 38.5 Å². The molecule has 0 unspecified atom stereocenters. The third-order valence-corrected chi connectivity index (χ3v) is 7.97. The molecular weight excluding hydrogens is 473 g/mol. The Bertz CT molecular complexity index is 729. The molecule has 0 radical (unpaired) electrons. The van der Waals surface area contributed by atoms with Crippen LogP contribution >= 0.6 is 0 Å². The maximum absolute atomic E-state index is 12.9. The minimum Gasteiger partial charge on any atom is -0.463 e. The molecule has 0 saturated carbocycles. The summed E-state index contributed by atoms with van der Waals surface area (Å²) >= 11 is 0. The summed E-state index contributed by atoms with van der Waals surface area (Å²) in [7, 11) is -2.68. The van der Waals surface area contributed by atoms with Gasteiger partial charge >= 0.3 is 20.9 Å². The zero-order chi connectivity index (χ0) is 25.8. The Morgan fingerprint density at radius 3 is 2.00 bits per heavy atom. The van der Waals surface area contributed by atoms with E-state index in [9.17, 15) is 14.0 Å². The number of hydrogen-bond donors (Lipinski definition) is 1. The van der Waals surface area contributed by atoms with Gasteiger partial charge < -0.3 is 28.1 Å². The van der Waals surface area contributed by atoms with E-state index in [0.717, 1.165) is 31.2 Å². The number of halogens is 1. The first-order valence-electron chi connectivity index (χ1n) is 12.4. The third-order valence-electron chi connectivity index (χ3n) is 4.82. The summed E-state index contributed by atoms with van der Waals surface area (Å²) in [6, 6.07) is 6.47. The van der Waals surface area contributed by atoms with E-state index in [1.165, 1.54) is 18.2 Å². The number of alkyl carbamates (subject to hydrolysis) is 1. The first kappa shape index (κ1) is 30.8. The Hall–Kier alpha value is -2.27. The molecule has 0 spiro atoms. The summed E-state index contributed by atoms with van der Waals surface area (Å²) in [5, 5.41) is 2.74. The lowest BCUT2D eigenvalue weighted by atomic mass is 10.2. The van der Waals surface area contributed by atoms with Crippen molar-refractivity contribution in [3.63, 3.8) is 0 Å². The van der Waals surface area contributed by atoms with E-state index in [0.29, 0.717) is 52.0 Å².